The fourth-order valence-corrected chi connectivity index (χ4v) is 3.07. The van der Waals surface area contributed by atoms with Gasteiger partial charge in [0.1, 0.15) is 11.4 Å². The van der Waals surface area contributed by atoms with E-state index >= 15 is 0 Å². The molecular formula is C16H17NO5S. The van der Waals surface area contributed by atoms with Crippen LogP contribution in [0.5, 0.6) is 5.75 Å². The molecule has 0 bridgehead atoms. The lowest BCUT2D eigenvalue weighted by molar-refractivity contribution is 0.0813. The fourth-order valence-electron chi connectivity index (χ4n) is 2.51. The van der Waals surface area contributed by atoms with Crippen molar-refractivity contribution in [2.45, 2.75) is 24.5 Å². The minimum Gasteiger partial charge on any atom is -0.484 e. The van der Waals surface area contributed by atoms with Gasteiger partial charge < -0.3 is 9.15 Å². The predicted molar refractivity (Wildman–Crippen MR) is 84.6 cm³/mol. The zero-order valence-electron chi connectivity index (χ0n) is 13.1. The summed E-state index contributed by atoms with van der Waals surface area (Å²) in [4.78, 5) is 14.3. The van der Waals surface area contributed by atoms with Crippen molar-refractivity contribution in [2.75, 3.05) is 17.7 Å². The molecule has 1 aliphatic heterocycles. The second kappa shape index (κ2) is 5.13. The third-order valence-corrected chi connectivity index (χ3v) is 4.43. The first-order chi connectivity index (χ1) is 10.7. The maximum absolute atomic E-state index is 12.8. The van der Waals surface area contributed by atoms with E-state index in [4.69, 9.17) is 9.15 Å². The van der Waals surface area contributed by atoms with Crippen LogP contribution in [-0.4, -0.2) is 32.7 Å². The first-order valence-corrected chi connectivity index (χ1v) is 8.96. The number of benzene rings is 1. The van der Waals surface area contributed by atoms with Crippen LogP contribution in [0.15, 0.2) is 45.9 Å². The van der Waals surface area contributed by atoms with Crippen molar-refractivity contribution < 1.29 is 22.4 Å². The Morgan fingerprint density at radius 2 is 1.87 bits per heavy atom. The van der Waals surface area contributed by atoms with Gasteiger partial charge in [0, 0.05) is 6.26 Å². The van der Waals surface area contributed by atoms with Crippen molar-refractivity contribution >= 4 is 21.4 Å². The maximum atomic E-state index is 12.8. The predicted octanol–water partition coefficient (Wildman–Crippen LogP) is 2.50. The largest absolute Gasteiger partial charge is 0.484 e. The lowest BCUT2D eigenvalue weighted by atomic mass is 10.0. The molecule has 0 radical (unpaired) electrons. The summed E-state index contributed by atoms with van der Waals surface area (Å²) >= 11 is 0. The lowest BCUT2D eigenvalue weighted by Crippen LogP contribution is -2.49. The maximum Gasteiger partial charge on any atom is 0.294 e. The highest BCUT2D eigenvalue weighted by atomic mass is 32.2. The molecule has 2 heterocycles. The Morgan fingerprint density at radius 3 is 2.52 bits per heavy atom. The number of anilines is 1. The van der Waals surface area contributed by atoms with Crippen LogP contribution in [0, 0.1) is 0 Å². The Morgan fingerprint density at radius 1 is 1.17 bits per heavy atom. The zero-order valence-corrected chi connectivity index (χ0v) is 13.9. The molecule has 1 aromatic carbocycles. The average Bonchev–Trinajstić information content (AvgIpc) is 2.94. The van der Waals surface area contributed by atoms with Gasteiger partial charge in [0.05, 0.1) is 12.2 Å². The van der Waals surface area contributed by atoms with Crippen molar-refractivity contribution in [3.63, 3.8) is 0 Å². The number of sulfone groups is 1. The quantitative estimate of drug-likeness (QED) is 0.843. The van der Waals surface area contributed by atoms with Crippen LogP contribution >= 0.6 is 0 Å². The van der Waals surface area contributed by atoms with Crippen molar-refractivity contribution in [1.82, 2.24) is 0 Å². The lowest BCUT2D eigenvalue weighted by Gasteiger charge is -2.39. The molecule has 1 aromatic heterocycles. The van der Waals surface area contributed by atoms with E-state index in [2.05, 4.69) is 0 Å². The van der Waals surface area contributed by atoms with E-state index in [0.717, 1.165) is 6.26 Å². The summed E-state index contributed by atoms with van der Waals surface area (Å²) < 4.78 is 34.1. The number of para-hydroxylation sites is 2. The number of furan rings is 1. The van der Waals surface area contributed by atoms with Gasteiger partial charge in [-0.1, -0.05) is 12.1 Å². The van der Waals surface area contributed by atoms with E-state index in [9.17, 15) is 13.2 Å². The van der Waals surface area contributed by atoms with Gasteiger partial charge in [-0.25, -0.2) is 8.42 Å². The van der Waals surface area contributed by atoms with Gasteiger partial charge in [0.2, 0.25) is 14.9 Å². The molecule has 0 saturated heterocycles. The number of hydrogen-bond donors (Lipinski definition) is 0. The SMILES string of the molecule is CC1(C)CN(C(=O)c2ccc(S(C)(=O)=O)o2)c2ccccc2O1. The fraction of sp³-hybridized carbons (Fsp3) is 0.312. The van der Waals surface area contributed by atoms with Gasteiger partial charge in [-0.05, 0) is 38.1 Å². The third kappa shape index (κ3) is 2.96. The van der Waals surface area contributed by atoms with Crippen LogP contribution < -0.4 is 9.64 Å². The van der Waals surface area contributed by atoms with Crippen LogP contribution in [0.4, 0.5) is 5.69 Å². The van der Waals surface area contributed by atoms with Crippen LogP contribution in [0.3, 0.4) is 0 Å². The molecule has 0 aliphatic carbocycles. The van der Waals surface area contributed by atoms with Crippen LogP contribution in [0.25, 0.3) is 0 Å². The molecule has 2 aromatic rings. The van der Waals surface area contributed by atoms with Crippen molar-refractivity contribution in [3.8, 4) is 5.75 Å². The molecule has 0 unspecified atom stereocenters. The summed E-state index contributed by atoms with van der Waals surface area (Å²) in [6, 6.07) is 9.88. The second-order valence-corrected chi connectivity index (χ2v) is 8.06. The van der Waals surface area contributed by atoms with E-state index in [1.54, 1.807) is 17.0 Å². The number of carbonyl (C=O) groups is 1. The number of amides is 1. The van der Waals surface area contributed by atoms with E-state index in [-0.39, 0.29) is 10.9 Å². The van der Waals surface area contributed by atoms with Crippen molar-refractivity contribution in [1.29, 1.82) is 0 Å². The minimum atomic E-state index is -3.49. The first-order valence-electron chi connectivity index (χ1n) is 7.07. The normalized spacial score (nSPS) is 16.6. The molecule has 23 heavy (non-hydrogen) atoms. The van der Waals surface area contributed by atoms with E-state index in [1.807, 2.05) is 26.0 Å². The number of ether oxygens (including phenoxy) is 1. The van der Waals surface area contributed by atoms with E-state index in [0.29, 0.717) is 18.0 Å². The first kappa shape index (κ1) is 15.6. The summed E-state index contributed by atoms with van der Waals surface area (Å²) in [5.74, 6) is 0.189. The second-order valence-electron chi connectivity index (χ2n) is 6.11. The average molecular weight is 335 g/mol. The Bertz CT molecular complexity index is 866. The van der Waals surface area contributed by atoms with Gasteiger partial charge in [0.15, 0.2) is 5.76 Å². The minimum absolute atomic E-state index is 0.0158. The van der Waals surface area contributed by atoms with Crippen molar-refractivity contribution in [2.24, 2.45) is 0 Å². The molecule has 0 N–H and O–H groups in total. The molecule has 6 nitrogen and oxygen atoms in total. The summed E-state index contributed by atoms with van der Waals surface area (Å²) in [6.45, 7) is 4.10. The van der Waals surface area contributed by atoms with Crippen LogP contribution in [-0.2, 0) is 9.84 Å². The molecule has 3 rings (SSSR count). The number of carbonyl (C=O) groups excluding carboxylic acids is 1. The topological polar surface area (TPSA) is 76.8 Å². The van der Waals surface area contributed by atoms with E-state index < -0.39 is 21.3 Å². The molecule has 122 valence electrons. The molecule has 0 atom stereocenters. The highest BCUT2D eigenvalue weighted by Crippen LogP contribution is 2.37. The van der Waals surface area contributed by atoms with E-state index in [1.165, 1.54) is 12.1 Å². The summed E-state index contributed by atoms with van der Waals surface area (Å²) in [5.41, 5.74) is 0.0742. The Balaban J connectivity index is 2.01. The molecule has 7 heteroatoms. The van der Waals surface area contributed by atoms with Gasteiger partial charge in [-0.15, -0.1) is 0 Å². The Kier molecular flexibility index (Phi) is 3.48. The highest BCUT2D eigenvalue weighted by Gasteiger charge is 2.36. The summed E-state index contributed by atoms with van der Waals surface area (Å²) in [6.07, 6.45) is 1.03. The standard InChI is InChI=1S/C16H17NO5S/c1-16(2)10-17(11-6-4-5-7-12(11)22-16)15(18)13-8-9-14(21-13)23(3,19)20/h4-9H,10H2,1-3H3. The zero-order chi connectivity index (χ0) is 16.8. The van der Waals surface area contributed by atoms with Gasteiger partial charge in [-0.3, -0.25) is 9.69 Å². The van der Waals surface area contributed by atoms with Crippen molar-refractivity contribution in [3.05, 3.63) is 42.2 Å². The molecular weight excluding hydrogens is 318 g/mol. The van der Waals surface area contributed by atoms with Gasteiger partial charge >= 0.3 is 0 Å². The monoisotopic (exact) mass is 335 g/mol. The van der Waals surface area contributed by atoms with Gasteiger partial charge in [-0.2, -0.15) is 0 Å². The van der Waals surface area contributed by atoms with Gasteiger partial charge in [0.25, 0.3) is 5.91 Å². The third-order valence-electron chi connectivity index (χ3n) is 3.48. The summed E-state index contributed by atoms with van der Waals surface area (Å²) in [7, 11) is -3.49. The number of nitrogens with zero attached hydrogens (tertiary/aromatic N) is 1. The molecule has 1 aliphatic rings. The number of fused-ring (bicyclic) bond motifs is 1. The Labute approximate surface area is 134 Å². The Hall–Kier alpha value is -2.28. The molecule has 0 saturated carbocycles. The highest BCUT2D eigenvalue weighted by molar-refractivity contribution is 7.90. The molecule has 1 amide bonds. The molecule has 0 fully saturated rings. The molecule has 0 spiro atoms. The van der Waals surface area contributed by atoms with Crippen LogP contribution in [0.1, 0.15) is 24.4 Å². The smallest absolute Gasteiger partial charge is 0.294 e. The number of rotatable bonds is 2. The van der Waals surface area contributed by atoms with Crippen LogP contribution in [0.2, 0.25) is 0 Å². The summed E-state index contributed by atoms with van der Waals surface area (Å²) in [5, 5.41) is -0.221. The number of hydrogen-bond acceptors (Lipinski definition) is 5.